The highest BCUT2D eigenvalue weighted by molar-refractivity contribution is 5.95. The average molecular weight is 278 g/mol. The summed E-state index contributed by atoms with van der Waals surface area (Å²) < 4.78 is 0. The summed E-state index contributed by atoms with van der Waals surface area (Å²) in [7, 11) is 0. The minimum Gasteiger partial charge on any atom is -0.480 e. The molecule has 0 aliphatic carbocycles. The number of pyridine rings is 1. The number of nitrogens with zero attached hydrogens (tertiary/aromatic N) is 1. The Balaban J connectivity index is 2.36. The molecule has 2 rings (SSSR count). The molecule has 6 heteroatoms. The molecule has 0 aromatic carbocycles. The molecule has 2 heterocycles. The molecule has 6 nitrogen and oxygen atoms in total. The van der Waals surface area contributed by atoms with E-state index in [9.17, 15) is 19.5 Å². The highest BCUT2D eigenvalue weighted by atomic mass is 16.4. The Labute approximate surface area is 116 Å². The number of nitrogens with one attached hydrogen (secondary N) is 1. The van der Waals surface area contributed by atoms with E-state index in [4.69, 9.17) is 0 Å². The Hall–Kier alpha value is -2.11. The van der Waals surface area contributed by atoms with Gasteiger partial charge in [-0.15, -0.1) is 0 Å². The van der Waals surface area contributed by atoms with Gasteiger partial charge in [0.1, 0.15) is 11.7 Å². The standard InChI is InChI=1S/C14H18N2O4/c1-14(2)7-4-8-16(11(14)13(19)20)12(18)9-5-3-6-10(17)15-9/h3,5-6,11H,4,7-8H2,1-2H3,(H,15,17)(H,19,20). The van der Waals surface area contributed by atoms with Gasteiger partial charge in [0.15, 0.2) is 0 Å². The molecule has 0 saturated carbocycles. The number of rotatable bonds is 2. The smallest absolute Gasteiger partial charge is 0.326 e. The fraction of sp³-hybridized carbons (Fsp3) is 0.500. The zero-order valence-corrected chi connectivity index (χ0v) is 11.5. The molecule has 1 aliphatic heterocycles. The van der Waals surface area contributed by atoms with E-state index in [-0.39, 0.29) is 11.3 Å². The number of carboxylic acids is 1. The molecule has 1 aromatic heterocycles. The quantitative estimate of drug-likeness (QED) is 0.847. The van der Waals surface area contributed by atoms with Gasteiger partial charge in [-0.3, -0.25) is 9.59 Å². The minimum atomic E-state index is -1.01. The Kier molecular flexibility index (Phi) is 3.65. The van der Waals surface area contributed by atoms with Crippen LogP contribution in [-0.4, -0.2) is 39.5 Å². The molecule has 2 N–H and O–H groups in total. The first-order chi connectivity index (χ1) is 9.33. The zero-order chi connectivity index (χ0) is 14.9. The first-order valence-electron chi connectivity index (χ1n) is 6.56. The number of likely N-dealkylation sites (tertiary alicyclic amines) is 1. The van der Waals surface area contributed by atoms with Crippen molar-refractivity contribution in [3.8, 4) is 0 Å². The van der Waals surface area contributed by atoms with Crippen LogP contribution < -0.4 is 5.56 Å². The summed E-state index contributed by atoms with van der Waals surface area (Å²) in [4.78, 5) is 39.0. The number of aromatic amines is 1. The number of carbonyl (C=O) groups is 2. The van der Waals surface area contributed by atoms with E-state index < -0.39 is 23.3 Å². The van der Waals surface area contributed by atoms with Gasteiger partial charge >= 0.3 is 5.97 Å². The first kappa shape index (κ1) is 14.3. The highest BCUT2D eigenvalue weighted by Gasteiger charge is 2.44. The van der Waals surface area contributed by atoms with Crippen LogP contribution in [0.5, 0.6) is 0 Å². The molecule has 0 bridgehead atoms. The van der Waals surface area contributed by atoms with Crippen molar-refractivity contribution in [2.75, 3.05) is 6.54 Å². The van der Waals surface area contributed by atoms with Crippen molar-refractivity contribution in [1.82, 2.24) is 9.88 Å². The predicted molar refractivity (Wildman–Crippen MR) is 72.5 cm³/mol. The number of carbonyl (C=O) groups excluding carboxylic acids is 1. The van der Waals surface area contributed by atoms with Crippen LogP contribution in [0.4, 0.5) is 0 Å². The number of carboxylic acid groups (broad SMARTS) is 1. The fourth-order valence-corrected chi connectivity index (χ4v) is 2.81. The molecular formula is C14H18N2O4. The Morgan fingerprint density at radius 3 is 2.70 bits per heavy atom. The van der Waals surface area contributed by atoms with Crippen molar-refractivity contribution >= 4 is 11.9 Å². The maximum Gasteiger partial charge on any atom is 0.326 e. The van der Waals surface area contributed by atoms with Crippen LogP contribution >= 0.6 is 0 Å². The number of aliphatic carboxylic acids is 1. The second-order valence-corrected chi connectivity index (χ2v) is 5.76. The van der Waals surface area contributed by atoms with E-state index in [1.54, 1.807) is 0 Å². The molecule has 0 radical (unpaired) electrons. The zero-order valence-electron chi connectivity index (χ0n) is 11.5. The largest absolute Gasteiger partial charge is 0.480 e. The van der Waals surface area contributed by atoms with Gasteiger partial charge in [0.25, 0.3) is 5.91 Å². The van der Waals surface area contributed by atoms with E-state index in [0.29, 0.717) is 6.54 Å². The SMILES string of the molecule is CC1(C)CCCN(C(=O)c2cccc(=O)[nH]2)C1C(=O)O. The molecular weight excluding hydrogens is 260 g/mol. The first-order valence-corrected chi connectivity index (χ1v) is 6.56. The molecule has 1 unspecified atom stereocenters. The van der Waals surface area contributed by atoms with Crippen molar-refractivity contribution in [3.63, 3.8) is 0 Å². The molecule has 1 fully saturated rings. The third-order valence-electron chi connectivity index (χ3n) is 3.77. The van der Waals surface area contributed by atoms with Gasteiger partial charge in [0.2, 0.25) is 5.56 Å². The lowest BCUT2D eigenvalue weighted by Crippen LogP contribution is -2.56. The van der Waals surface area contributed by atoms with Gasteiger partial charge in [-0.05, 0) is 24.3 Å². The van der Waals surface area contributed by atoms with Crippen molar-refractivity contribution in [2.24, 2.45) is 5.41 Å². The lowest BCUT2D eigenvalue weighted by atomic mass is 9.76. The Bertz CT molecular complexity index is 591. The number of hydrogen-bond donors (Lipinski definition) is 2. The maximum absolute atomic E-state index is 12.4. The van der Waals surface area contributed by atoms with Crippen LogP contribution in [0.15, 0.2) is 23.0 Å². The molecule has 1 amide bonds. The van der Waals surface area contributed by atoms with E-state index in [1.165, 1.54) is 23.1 Å². The number of piperidine rings is 1. The van der Waals surface area contributed by atoms with Gasteiger partial charge in [0.05, 0.1) is 0 Å². The van der Waals surface area contributed by atoms with E-state index in [0.717, 1.165) is 12.8 Å². The van der Waals surface area contributed by atoms with Crippen molar-refractivity contribution < 1.29 is 14.7 Å². The average Bonchev–Trinajstić information content (AvgIpc) is 2.35. The van der Waals surface area contributed by atoms with Crippen molar-refractivity contribution in [2.45, 2.75) is 32.7 Å². The van der Waals surface area contributed by atoms with E-state index in [1.807, 2.05) is 13.8 Å². The van der Waals surface area contributed by atoms with Crippen LogP contribution in [0, 0.1) is 5.41 Å². The summed E-state index contributed by atoms with van der Waals surface area (Å²) in [6.45, 7) is 4.08. The molecule has 0 spiro atoms. The summed E-state index contributed by atoms with van der Waals surface area (Å²) in [5.74, 6) is -1.45. The number of aromatic nitrogens is 1. The summed E-state index contributed by atoms with van der Waals surface area (Å²) >= 11 is 0. The van der Waals surface area contributed by atoms with Gasteiger partial charge in [0, 0.05) is 12.6 Å². The van der Waals surface area contributed by atoms with Gasteiger partial charge in [-0.25, -0.2) is 4.79 Å². The maximum atomic E-state index is 12.4. The summed E-state index contributed by atoms with van der Waals surface area (Å²) in [5, 5.41) is 9.43. The van der Waals surface area contributed by atoms with E-state index in [2.05, 4.69) is 4.98 Å². The molecule has 20 heavy (non-hydrogen) atoms. The number of hydrogen-bond acceptors (Lipinski definition) is 3. The van der Waals surface area contributed by atoms with Crippen LogP contribution in [0.25, 0.3) is 0 Å². The minimum absolute atomic E-state index is 0.126. The summed E-state index contributed by atoms with van der Waals surface area (Å²) in [6.07, 6.45) is 1.50. The van der Waals surface area contributed by atoms with Crippen LogP contribution in [0.2, 0.25) is 0 Å². The van der Waals surface area contributed by atoms with Gasteiger partial charge < -0.3 is 15.0 Å². The Morgan fingerprint density at radius 1 is 1.40 bits per heavy atom. The monoisotopic (exact) mass is 278 g/mol. The number of H-pyrrole nitrogens is 1. The molecule has 1 saturated heterocycles. The summed E-state index contributed by atoms with van der Waals surface area (Å²) in [6, 6.07) is 3.40. The lowest BCUT2D eigenvalue weighted by molar-refractivity contribution is -0.148. The van der Waals surface area contributed by atoms with Crippen LogP contribution in [0.1, 0.15) is 37.2 Å². The summed E-state index contributed by atoms with van der Waals surface area (Å²) in [5.41, 5.74) is -0.741. The Morgan fingerprint density at radius 2 is 2.10 bits per heavy atom. The van der Waals surface area contributed by atoms with Gasteiger partial charge in [-0.2, -0.15) is 0 Å². The highest BCUT2D eigenvalue weighted by Crippen LogP contribution is 2.35. The molecule has 1 aromatic rings. The van der Waals surface area contributed by atoms with Crippen molar-refractivity contribution in [3.05, 3.63) is 34.2 Å². The number of amides is 1. The topological polar surface area (TPSA) is 90.5 Å². The predicted octanol–water partition coefficient (Wildman–Crippen LogP) is 1.09. The third kappa shape index (κ3) is 2.59. The second-order valence-electron chi connectivity index (χ2n) is 5.76. The molecule has 1 atom stereocenters. The second kappa shape index (κ2) is 5.11. The van der Waals surface area contributed by atoms with E-state index >= 15 is 0 Å². The van der Waals surface area contributed by atoms with Crippen LogP contribution in [0.3, 0.4) is 0 Å². The molecule has 108 valence electrons. The lowest BCUT2D eigenvalue weighted by Gasteiger charge is -2.43. The van der Waals surface area contributed by atoms with Gasteiger partial charge in [-0.1, -0.05) is 19.9 Å². The van der Waals surface area contributed by atoms with Crippen LogP contribution in [-0.2, 0) is 4.79 Å². The normalized spacial score (nSPS) is 21.5. The van der Waals surface area contributed by atoms with Crippen molar-refractivity contribution in [1.29, 1.82) is 0 Å². The third-order valence-corrected chi connectivity index (χ3v) is 3.77. The fourth-order valence-electron chi connectivity index (χ4n) is 2.81. The molecule has 1 aliphatic rings.